The van der Waals surface area contributed by atoms with E-state index in [0.29, 0.717) is 0 Å². The topological polar surface area (TPSA) is 26.3 Å². The van der Waals surface area contributed by atoms with Gasteiger partial charge in [0.2, 0.25) is 0 Å². The van der Waals surface area contributed by atoms with Gasteiger partial charge in [-0.3, -0.25) is 0 Å². The molecule has 5 heteroatoms. The molecule has 0 aliphatic heterocycles. The fraction of sp³-hybridized carbons (Fsp3) is 0.0500. The van der Waals surface area contributed by atoms with E-state index in [-0.39, 0.29) is 51.0 Å². The van der Waals surface area contributed by atoms with Gasteiger partial charge in [-0.25, -0.2) is 0 Å². The van der Waals surface area contributed by atoms with Gasteiger partial charge in [-0.1, -0.05) is 107 Å². The molecule has 0 aliphatic carbocycles. The summed E-state index contributed by atoms with van der Waals surface area (Å²) >= 11 is 0. The minimum atomic E-state index is 0. The van der Waals surface area contributed by atoms with Crippen molar-refractivity contribution in [2.45, 2.75) is 13.8 Å². The Kier molecular flexibility index (Phi) is 11.3. The Morgan fingerprint density at radius 3 is 1.20 bits per heavy atom. The van der Waals surface area contributed by atoms with Crippen LogP contribution in [0.1, 0.15) is 11.5 Å². The van der Waals surface area contributed by atoms with Crippen LogP contribution in [0.25, 0.3) is 66.4 Å². The summed E-state index contributed by atoms with van der Waals surface area (Å²) in [4.78, 5) is 0. The molecular weight excluding hydrogens is 675 g/mol. The van der Waals surface area contributed by atoms with Crippen molar-refractivity contribution in [1.29, 1.82) is 0 Å². The predicted octanol–water partition coefficient (Wildman–Crippen LogP) is 5.59. The van der Waals surface area contributed by atoms with E-state index >= 15 is 0 Å². The van der Waals surface area contributed by atoms with Gasteiger partial charge >= 0.3 is 26.2 Å². The molecule has 45 heavy (non-hydrogen) atoms. The molecule has 220 valence electrons. The Hall–Kier alpha value is -3.88. The molecule has 8 aromatic rings. The zero-order chi connectivity index (χ0) is 28.5. The van der Waals surface area contributed by atoms with Gasteiger partial charge in [0.1, 0.15) is 0 Å². The summed E-state index contributed by atoms with van der Waals surface area (Å²) in [7, 11) is 0. The van der Waals surface area contributed by atoms with Gasteiger partial charge in [0.05, 0.1) is 23.0 Å². The van der Waals surface area contributed by atoms with Crippen molar-refractivity contribution in [2.24, 2.45) is 0 Å². The number of rotatable bonds is 4. The normalized spacial score (nSPS) is 10.4. The van der Waals surface area contributed by atoms with Crippen LogP contribution in [0.5, 0.6) is 0 Å². The Morgan fingerprint density at radius 2 is 0.844 bits per heavy atom. The third-order valence-corrected chi connectivity index (χ3v) is 7.72. The summed E-state index contributed by atoms with van der Waals surface area (Å²) in [6, 6.07) is 50.8. The quantitative estimate of drug-likeness (QED) is 0.224. The van der Waals surface area contributed by atoms with E-state index in [4.69, 9.17) is 8.83 Å². The second-order valence-electron chi connectivity index (χ2n) is 10.7. The van der Waals surface area contributed by atoms with E-state index in [9.17, 15) is 0 Å². The zero-order valence-electron chi connectivity index (χ0n) is 24.9. The number of hydrogen-bond acceptors (Lipinski definition) is 2. The summed E-state index contributed by atoms with van der Waals surface area (Å²) in [5.74, 6) is 3.75. The second kappa shape index (κ2) is 14.9. The van der Waals surface area contributed by atoms with E-state index in [2.05, 4.69) is 109 Å². The van der Waals surface area contributed by atoms with E-state index in [1.807, 2.05) is 50.2 Å². The van der Waals surface area contributed by atoms with E-state index < -0.39 is 0 Å². The monoisotopic (exact) mass is 702 g/mol. The number of halogens is 2. The Balaban J connectivity index is 0.000000192. The first-order valence-corrected chi connectivity index (χ1v) is 14.3. The van der Waals surface area contributed by atoms with Gasteiger partial charge in [0.25, 0.3) is 0 Å². The van der Waals surface area contributed by atoms with Crippen LogP contribution in [0.15, 0.2) is 154 Å². The van der Waals surface area contributed by atoms with Crippen LogP contribution < -0.4 is 24.8 Å². The van der Waals surface area contributed by atoms with Crippen LogP contribution in [0, 0.1) is 13.8 Å². The van der Waals surface area contributed by atoms with Gasteiger partial charge < -0.3 is 33.6 Å². The summed E-state index contributed by atoms with van der Waals surface area (Å²) in [6.07, 6.45) is 0. The molecule has 0 fully saturated rings. The number of benzene rings is 4. The number of hydrogen-bond donors (Lipinski definition) is 0. The van der Waals surface area contributed by atoms with Gasteiger partial charge in [-0.15, -0.1) is 57.9 Å². The molecule has 0 saturated carbocycles. The maximum absolute atomic E-state index is 5.74. The molecule has 8 rings (SSSR count). The average Bonchev–Trinajstić information content (AvgIpc) is 3.83. The number of furan rings is 2. The van der Waals surface area contributed by atoms with E-state index in [1.54, 1.807) is 0 Å². The van der Waals surface area contributed by atoms with E-state index in [1.165, 1.54) is 43.8 Å². The number of fused-ring (bicyclic) bond motifs is 2. The van der Waals surface area contributed by atoms with Crippen LogP contribution >= 0.6 is 0 Å². The van der Waals surface area contributed by atoms with Crippen LogP contribution in [0.4, 0.5) is 0 Å². The molecule has 0 saturated heterocycles. The summed E-state index contributed by atoms with van der Waals surface area (Å²) in [6.45, 7) is 3.95. The van der Waals surface area contributed by atoms with Crippen molar-refractivity contribution >= 4 is 21.5 Å². The molecule has 0 N–H and O–H groups in total. The largest absolute Gasteiger partial charge is 4.00 e. The van der Waals surface area contributed by atoms with Crippen LogP contribution in [0.3, 0.4) is 0 Å². The van der Waals surface area contributed by atoms with E-state index in [0.717, 1.165) is 34.2 Å². The van der Waals surface area contributed by atoms with Crippen LogP contribution in [-0.4, -0.2) is 0 Å². The van der Waals surface area contributed by atoms with Crippen LogP contribution in [-0.2, 0) is 26.2 Å². The molecular formula is C40H30Cl2O2Zr. The molecule has 0 atom stereocenters. The van der Waals surface area contributed by atoms with Crippen molar-refractivity contribution < 1.29 is 59.9 Å². The maximum atomic E-state index is 5.74. The summed E-state index contributed by atoms with van der Waals surface area (Å²) < 4.78 is 11.5. The minimum Gasteiger partial charge on any atom is -1.00 e. The number of aryl methyl sites for hydroxylation is 2. The molecule has 0 aliphatic rings. The van der Waals surface area contributed by atoms with Crippen molar-refractivity contribution in [3.63, 3.8) is 0 Å². The molecule has 2 heterocycles. The van der Waals surface area contributed by atoms with Crippen LogP contribution in [0.2, 0.25) is 0 Å². The smallest absolute Gasteiger partial charge is 1.00 e. The zero-order valence-corrected chi connectivity index (χ0v) is 28.9. The molecule has 6 aromatic carbocycles. The fourth-order valence-corrected chi connectivity index (χ4v) is 5.67. The Labute approximate surface area is 295 Å². The molecule has 0 spiro atoms. The first-order chi connectivity index (χ1) is 20.6. The first kappa shape index (κ1) is 34.0. The van der Waals surface area contributed by atoms with Gasteiger partial charge in [-0.2, -0.15) is 0 Å². The van der Waals surface area contributed by atoms with Crippen molar-refractivity contribution in [1.82, 2.24) is 0 Å². The maximum Gasteiger partial charge on any atom is 4.00 e. The second-order valence-corrected chi connectivity index (χ2v) is 10.7. The van der Waals surface area contributed by atoms with Gasteiger partial charge in [0.15, 0.2) is 0 Å². The van der Waals surface area contributed by atoms with Crippen molar-refractivity contribution in [2.75, 3.05) is 0 Å². The molecule has 2 aromatic heterocycles. The SMILES string of the molecule is Cc1ccc(-c2cc3c(-c4ccccc4)cccc3[cH-]2)o1.Cc1ccc(-c2cc3c(-c4ccccc4)cccc3[cH-]2)o1.[Cl-].[Cl-].[Zr+4]. The summed E-state index contributed by atoms with van der Waals surface area (Å²) in [5.41, 5.74) is 7.31. The third-order valence-electron chi connectivity index (χ3n) is 7.72. The van der Waals surface area contributed by atoms with Gasteiger partial charge in [-0.05, 0) is 49.2 Å². The molecule has 2 nitrogen and oxygen atoms in total. The third kappa shape index (κ3) is 7.18. The Morgan fingerprint density at radius 1 is 0.444 bits per heavy atom. The molecule has 0 unspecified atom stereocenters. The molecule has 0 radical (unpaired) electrons. The van der Waals surface area contributed by atoms with Crippen molar-refractivity contribution in [3.8, 4) is 44.9 Å². The fourth-order valence-electron chi connectivity index (χ4n) is 5.67. The minimum absolute atomic E-state index is 0. The van der Waals surface area contributed by atoms with Gasteiger partial charge in [0, 0.05) is 0 Å². The molecule has 0 bridgehead atoms. The Bertz CT molecular complexity index is 1960. The molecule has 0 amide bonds. The average molecular weight is 705 g/mol. The predicted molar refractivity (Wildman–Crippen MR) is 175 cm³/mol. The summed E-state index contributed by atoms with van der Waals surface area (Å²) in [5, 5.41) is 5.04. The standard InChI is InChI=1S/2C20H15O.2ClH.Zr/c2*1-14-10-11-20(21-14)17-12-16-8-5-9-18(19(16)13-17)15-6-3-2-4-7-15;;;/h2*2-13H,1H3;2*1H;/q2*-1;;;+4/p-2. The first-order valence-electron chi connectivity index (χ1n) is 14.3. The van der Waals surface area contributed by atoms with Crippen molar-refractivity contribution in [3.05, 3.63) is 157 Å².